The maximum atomic E-state index is 2.30. The average Bonchev–Trinajstić information content (AvgIpc) is 2.26. The Labute approximate surface area is 44.2 Å². The molecule has 7 heavy (non-hydrogen) atoms. The first kappa shape index (κ1) is 3.71. The Bertz CT molecular complexity index is 145. The van der Waals surface area contributed by atoms with Crippen LogP contribution < -0.4 is 0 Å². The molecular weight excluding hydrogens is 84.1 g/mol. The van der Waals surface area contributed by atoms with E-state index in [1.54, 1.807) is 11.1 Å². The summed E-state index contributed by atoms with van der Waals surface area (Å²) in [5.74, 6) is 0.926. The number of rotatable bonds is 0. The van der Waals surface area contributed by atoms with Crippen LogP contribution in [0.3, 0.4) is 0 Å². The van der Waals surface area contributed by atoms with Gasteiger partial charge in [-0.15, -0.1) is 0 Å². The molecule has 2 rings (SSSR count). The van der Waals surface area contributed by atoms with Crippen molar-refractivity contribution in [1.29, 1.82) is 0 Å². The summed E-state index contributed by atoms with van der Waals surface area (Å²) in [6.07, 6.45) is 0. The van der Waals surface area contributed by atoms with E-state index in [-0.39, 0.29) is 0 Å². The lowest BCUT2D eigenvalue weighted by molar-refractivity contribution is 0.533. The fourth-order valence-corrected chi connectivity index (χ4v) is 1.87. The van der Waals surface area contributed by atoms with Gasteiger partial charge in [0.25, 0.3) is 0 Å². The molecular formula is C7H10. The van der Waals surface area contributed by atoms with Gasteiger partial charge in [-0.2, -0.15) is 0 Å². The molecule has 0 saturated carbocycles. The fraction of sp³-hybridized carbons (Fsp3) is 0.714. The summed E-state index contributed by atoms with van der Waals surface area (Å²) in [6.45, 7) is 6.89. The molecule has 0 heterocycles. The minimum absolute atomic E-state index is 0.611. The van der Waals surface area contributed by atoms with Gasteiger partial charge in [0.1, 0.15) is 0 Å². The zero-order valence-electron chi connectivity index (χ0n) is 5.08. The van der Waals surface area contributed by atoms with E-state index in [1.165, 1.54) is 0 Å². The van der Waals surface area contributed by atoms with Gasteiger partial charge in [-0.1, -0.05) is 31.9 Å². The van der Waals surface area contributed by atoms with Crippen LogP contribution in [0.1, 0.15) is 20.8 Å². The monoisotopic (exact) mass is 94.1 g/mol. The van der Waals surface area contributed by atoms with Crippen molar-refractivity contribution in [1.82, 2.24) is 0 Å². The largest absolute Gasteiger partial charge is 0.0549 e. The molecule has 0 unspecified atom stereocenters. The second kappa shape index (κ2) is 0.594. The summed E-state index contributed by atoms with van der Waals surface area (Å²) in [6, 6.07) is 0. The zero-order chi connectivity index (χ0) is 5.23. The van der Waals surface area contributed by atoms with Gasteiger partial charge in [-0.05, 0) is 0 Å². The summed E-state index contributed by atoms with van der Waals surface area (Å²) in [5.41, 5.74) is 4.10. The minimum atomic E-state index is 0.611. The van der Waals surface area contributed by atoms with E-state index in [2.05, 4.69) is 20.8 Å². The Balaban J connectivity index is 2.15. The number of allylic oxidation sites excluding steroid dienone is 2. The van der Waals surface area contributed by atoms with E-state index >= 15 is 0 Å². The second-order valence-corrected chi connectivity index (χ2v) is 3.17. The van der Waals surface area contributed by atoms with Gasteiger partial charge >= 0.3 is 0 Å². The van der Waals surface area contributed by atoms with Crippen molar-refractivity contribution in [2.45, 2.75) is 20.8 Å². The molecule has 0 nitrogen and oxygen atoms in total. The predicted octanol–water partition coefficient (Wildman–Crippen LogP) is 1.97. The van der Waals surface area contributed by atoms with Gasteiger partial charge in [-0.3, -0.25) is 0 Å². The van der Waals surface area contributed by atoms with Gasteiger partial charge in [0.15, 0.2) is 0 Å². The summed E-state index contributed by atoms with van der Waals surface area (Å²) >= 11 is 0. The summed E-state index contributed by atoms with van der Waals surface area (Å²) in [5, 5.41) is 0. The van der Waals surface area contributed by atoms with E-state index in [1.807, 2.05) is 0 Å². The van der Waals surface area contributed by atoms with Crippen LogP contribution in [0.5, 0.6) is 0 Å². The van der Waals surface area contributed by atoms with Gasteiger partial charge in [0, 0.05) is 11.3 Å². The lowest BCUT2D eigenvalue weighted by Gasteiger charge is -2.16. The highest BCUT2D eigenvalue weighted by Gasteiger charge is 2.62. The summed E-state index contributed by atoms with van der Waals surface area (Å²) < 4.78 is 0. The minimum Gasteiger partial charge on any atom is -0.0549 e. The topological polar surface area (TPSA) is 0 Å². The number of hydrogen-bond acceptors (Lipinski definition) is 0. The van der Waals surface area contributed by atoms with Crippen molar-refractivity contribution in [3.63, 3.8) is 0 Å². The van der Waals surface area contributed by atoms with Crippen LogP contribution in [0.4, 0.5) is 0 Å². The third kappa shape index (κ3) is 0.206. The molecule has 0 amide bonds. The smallest absolute Gasteiger partial charge is 0.00822 e. The second-order valence-electron chi connectivity index (χ2n) is 3.17. The first-order valence-corrected chi connectivity index (χ1v) is 2.90. The highest BCUT2D eigenvalue weighted by molar-refractivity contribution is 5.67. The van der Waals surface area contributed by atoms with E-state index in [9.17, 15) is 0 Å². The molecule has 38 valence electrons. The van der Waals surface area contributed by atoms with Gasteiger partial charge < -0.3 is 0 Å². The highest BCUT2D eigenvalue weighted by Crippen LogP contribution is 2.74. The van der Waals surface area contributed by atoms with Crippen molar-refractivity contribution < 1.29 is 0 Å². The maximum absolute atomic E-state index is 2.30. The van der Waals surface area contributed by atoms with Crippen molar-refractivity contribution in [3.05, 3.63) is 11.1 Å². The van der Waals surface area contributed by atoms with Crippen LogP contribution in [0.15, 0.2) is 11.1 Å². The average molecular weight is 94.2 g/mol. The predicted molar refractivity (Wildman–Crippen MR) is 30.0 cm³/mol. The Kier molecular flexibility index (Phi) is 0.314. The van der Waals surface area contributed by atoms with Gasteiger partial charge in [0.2, 0.25) is 0 Å². The lowest BCUT2D eigenvalue weighted by Crippen LogP contribution is -2.07. The van der Waals surface area contributed by atoms with Gasteiger partial charge in [-0.25, -0.2) is 0 Å². The van der Waals surface area contributed by atoms with Crippen molar-refractivity contribution in [3.8, 4) is 0 Å². The van der Waals surface area contributed by atoms with Gasteiger partial charge in [0.05, 0.1) is 0 Å². The third-order valence-corrected chi connectivity index (χ3v) is 2.36. The van der Waals surface area contributed by atoms with Crippen molar-refractivity contribution >= 4 is 0 Å². The van der Waals surface area contributed by atoms with E-state index in [0.717, 1.165) is 5.92 Å². The molecule has 2 aliphatic carbocycles. The molecule has 0 atom stereocenters. The van der Waals surface area contributed by atoms with Crippen LogP contribution in [0.2, 0.25) is 0 Å². The Hall–Kier alpha value is -0.260. The SMILES string of the molecule is CC1C2=C1C2(C)C. The highest BCUT2D eigenvalue weighted by atomic mass is 14.7. The van der Waals surface area contributed by atoms with Crippen molar-refractivity contribution in [2.24, 2.45) is 11.3 Å². The molecule has 0 spiro atoms. The summed E-state index contributed by atoms with van der Waals surface area (Å²) in [4.78, 5) is 0. The standard InChI is InChI=1S/C7H10/c1-4-5-6(4)7(5,2)3/h4H,1-3H3. The molecule has 0 radical (unpaired) electrons. The first-order valence-electron chi connectivity index (χ1n) is 2.90. The molecule has 0 aromatic rings. The molecule has 0 fully saturated rings. The Morgan fingerprint density at radius 1 is 1.29 bits per heavy atom. The lowest BCUT2D eigenvalue weighted by atomic mass is 9.87. The van der Waals surface area contributed by atoms with Crippen LogP contribution in [0.25, 0.3) is 0 Å². The van der Waals surface area contributed by atoms with E-state index in [0.29, 0.717) is 5.41 Å². The molecule has 0 aromatic heterocycles. The van der Waals surface area contributed by atoms with E-state index in [4.69, 9.17) is 0 Å². The fourth-order valence-electron chi connectivity index (χ4n) is 1.87. The summed E-state index contributed by atoms with van der Waals surface area (Å²) in [7, 11) is 0. The number of hydrogen-bond donors (Lipinski definition) is 0. The molecule has 0 heteroatoms. The van der Waals surface area contributed by atoms with Crippen LogP contribution in [-0.2, 0) is 0 Å². The Morgan fingerprint density at radius 3 is 1.71 bits per heavy atom. The van der Waals surface area contributed by atoms with Crippen LogP contribution in [-0.4, -0.2) is 0 Å². The first-order chi connectivity index (χ1) is 3.15. The quantitative estimate of drug-likeness (QED) is 0.402. The molecule has 2 aliphatic rings. The molecule has 0 saturated heterocycles. The van der Waals surface area contributed by atoms with Crippen molar-refractivity contribution in [2.75, 3.05) is 0 Å². The molecule has 0 aromatic carbocycles. The van der Waals surface area contributed by atoms with Crippen LogP contribution >= 0.6 is 0 Å². The zero-order valence-corrected chi connectivity index (χ0v) is 5.08. The maximum Gasteiger partial charge on any atom is 0.00822 e. The van der Waals surface area contributed by atoms with Crippen LogP contribution in [0, 0.1) is 11.3 Å². The third-order valence-electron chi connectivity index (χ3n) is 2.36. The molecule has 0 N–H and O–H groups in total. The normalized spacial score (nSPS) is 33.0. The molecule has 0 aliphatic heterocycles. The Morgan fingerprint density at radius 2 is 1.71 bits per heavy atom. The molecule has 0 bridgehead atoms. The van der Waals surface area contributed by atoms with E-state index < -0.39 is 0 Å².